The summed E-state index contributed by atoms with van der Waals surface area (Å²) in [7, 11) is 5.79. The summed E-state index contributed by atoms with van der Waals surface area (Å²) < 4.78 is 3.88. The normalized spacial score (nSPS) is 10.1. The van der Waals surface area contributed by atoms with Gasteiger partial charge in [0, 0.05) is 7.05 Å². The maximum atomic E-state index is 11.5. The minimum Gasteiger partial charge on any atom is -0.527 e. The zero-order valence-corrected chi connectivity index (χ0v) is 9.31. The fraction of sp³-hybridized carbons (Fsp3) is 0.111. The Labute approximate surface area is 102 Å². The van der Waals surface area contributed by atoms with E-state index in [-0.39, 0.29) is 0 Å². The summed E-state index contributed by atoms with van der Waals surface area (Å²) in [4.78, 5) is 28.8. The van der Waals surface area contributed by atoms with E-state index in [1.165, 1.54) is 0 Å². The molecule has 0 spiro atoms. The summed E-state index contributed by atoms with van der Waals surface area (Å²) >= 11 is 0. The van der Waals surface area contributed by atoms with Gasteiger partial charge in [0.25, 0.3) is 0 Å². The summed E-state index contributed by atoms with van der Waals surface area (Å²) in [5.74, 6) is 0. The number of imide groups is 1. The van der Waals surface area contributed by atoms with Crippen molar-refractivity contribution in [3.63, 3.8) is 0 Å². The summed E-state index contributed by atoms with van der Waals surface area (Å²) in [6.45, 7) is 0. The number of nitrogens with zero attached hydrogens (tertiary/aromatic N) is 4. The topological polar surface area (TPSA) is 86.5 Å². The monoisotopic (exact) mass is 246 g/mol. The molecule has 1 heterocycles. The minimum atomic E-state index is -1.05. The van der Waals surface area contributed by atoms with E-state index in [1.807, 2.05) is 0 Å². The maximum absolute atomic E-state index is 11.5. The van der Waals surface area contributed by atoms with E-state index >= 15 is 0 Å². The van der Waals surface area contributed by atoms with Crippen LogP contribution in [0.1, 0.15) is 0 Å². The van der Waals surface area contributed by atoms with Crippen molar-refractivity contribution in [2.24, 2.45) is 0 Å². The molecule has 9 heteroatoms. The van der Waals surface area contributed by atoms with Crippen LogP contribution in [0.3, 0.4) is 0 Å². The first-order valence-electron chi connectivity index (χ1n) is 4.80. The Bertz CT molecular complexity index is 599. The van der Waals surface area contributed by atoms with Gasteiger partial charge in [-0.25, -0.2) is 14.5 Å². The Morgan fingerprint density at radius 3 is 2.78 bits per heavy atom. The standard InChI is InChI=1S/C9H7BN4O4/c1-13(8(15)17-10)9(16)18-14-7-5-3-2-4-6(7)11-12-14/h2-5H,1H3. The highest BCUT2D eigenvalue weighted by molar-refractivity contribution is 6.06. The molecule has 0 bridgehead atoms. The quantitative estimate of drug-likeness (QED) is 0.525. The van der Waals surface area contributed by atoms with E-state index in [4.69, 9.17) is 4.84 Å². The van der Waals surface area contributed by atoms with Gasteiger partial charge in [0.05, 0.1) is 0 Å². The van der Waals surface area contributed by atoms with Crippen LogP contribution in [0.2, 0.25) is 0 Å². The molecule has 1 aromatic carbocycles. The number of benzene rings is 1. The predicted molar refractivity (Wildman–Crippen MR) is 59.5 cm³/mol. The molecule has 0 N–H and O–H groups in total. The first-order chi connectivity index (χ1) is 8.63. The van der Waals surface area contributed by atoms with Gasteiger partial charge in [-0.15, -0.1) is 5.10 Å². The lowest BCUT2D eigenvalue weighted by Gasteiger charge is -2.12. The van der Waals surface area contributed by atoms with Crippen LogP contribution in [0.5, 0.6) is 0 Å². The lowest BCUT2D eigenvalue weighted by Crippen LogP contribution is -2.38. The van der Waals surface area contributed by atoms with Gasteiger partial charge in [-0.1, -0.05) is 17.0 Å². The average molecular weight is 246 g/mol. The zero-order chi connectivity index (χ0) is 13.1. The molecule has 0 unspecified atom stereocenters. The van der Waals surface area contributed by atoms with E-state index in [0.717, 1.165) is 11.9 Å². The van der Waals surface area contributed by atoms with Crippen molar-refractivity contribution in [3.05, 3.63) is 24.3 Å². The van der Waals surface area contributed by atoms with Crippen molar-refractivity contribution in [2.75, 3.05) is 7.05 Å². The van der Waals surface area contributed by atoms with Crippen LogP contribution < -0.4 is 4.84 Å². The maximum Gasteiger partial charge on any atom is 0.445 e. The molecule has 0 saturated carbocycles. The van der Waals surface area contributed by atoms with Gasteiger partial charge in [0.2, 0.25) is 0 Å². The number of rotatable bonds is 1. The lowest BCUT2D eigenvalue weighted by atomic mass is 10.3. The smallest absolute Gasteiger partial charge is 0.445 e. The SMILES string of the molecule is [B]OC(=O)N(C)C(=O)On1nnc2ccccc21. The molecule has 0 atom stereocenters. The van der Waals surface area contributed by atoms with E-state index in [2.05, 4.69) is 23.0 Å². The van der Waals surface area contributed by atoms with Crippen LogP contribution in [0.25, 0.3) is 11.0 Å². The average Bonchev–Trinajstić information content (AvgIpc) is 2.80. The van der Waals surface area contributed by atoms with Crippen LogP contribution in [0.15, 0.2) is 24.3 Å². The number of para-hydroxylation sites is 1. The van der Waals surface area contributed by atoms with Crippen molar-refractivity contribution in [1.29, 1.82) is 0 Å². The van der Waals surface area contributed by atoms with Crippen LogP contribution in [0, 0.1) is 0 Å². The molecule has 18 heavy (non-hydrogen) atoms. The van der Waals surface area contributed by atoms with Gasteiger partial charge >= 0.3 is 20.2 Å². The number of carbonyl (C=O) groups is 2. The third-order valence-electron chi connectivity index (χ3n) is 2.13. The van der Waals surface area contributed by atoms with Crippen LogP contribution in [0.4, 0.5) is 9.59 Å². The molecule has 0 saturated heterocycles. The minimum absolute atomic E-state index is 0.486. The van der Waals surface area contributed by atoms with Crippen LogP contribution >= 0.6 is 0 Å². The molecule has 0 aliphatic heterocycles. The van der Waals surface area contributed by atoms with E-state index in [0.29, 0.717) is 15.9 Å². The molecule has 0 aliphatic carbocycles. The van der Waals surface area contributed by atoms with E-state index < -0.39 is 12.2 Å². The molecule has 2 amide bonds. The largest absolute Gasteiger partial charge is 0.527 e. The second-order valence-electron chi connectivity index (χ2n) is 3.25. The Kier molecular flexibility index (Phi) is 3.13. The molecule has 8 nitrogen and oxygen atoms in total. The van der Waals surface area contributed by atoms with E-state index in [9.17, 15) is 9.59 Å². The van der Waals surface area contributed by atoms with Gasteiger partial charge < -0.3 is 4.65 Å². The molecule has 90 valence electrons. The fourth-order valence-corrected chi connectivity index (χ4v) is 1.20. The van der Waals surface area contributed by atoms with Crippen molar-refractivity contribution in [2.45, 2.75) is 0 Å². The van der Waals surface area contributed by atoms with Gasteiger partial charge in [-0.05, 0) is 17.3 Å². The molecule has 2 rings (SSSR count). The summed E-state index contributed by atoms with van der Waals surface area (Å²) in [5.41, 5.74) is 1.04. The first kappa shape index (κ1) is 11.9. The second-order valence-corrected chi connectivity index (χ2v) is 3.25. The fourth-order valence-electron chi connectivity index (χ4n) is 1.20. The highest BCUT2D eigenvalue weighted by Gasteiger charge is 2.20. The number of carbonyl (C=O) groups excluding carboxylic acids is 2. The molecule has 1 aromatic heterocycles. The highest BCUT2D eigenvalue weighted by atomic mass is 16.7. The van der Waals surface area contributed by atoms with Gasteiger partial charge in [-0.2, -0.15) is 0 Å². The Morgan fingerprint density at radius 1 is 1.33 bits per heavy atom. The number of amides is 2. The van der Waals surface area contributed by atoms with Crippen LogP contribution in [-0.4, -0.2) is 47.3 Å². The van der Waals surface area contributed by atoms with E-state index in [1.54, 1.807) is 24.3 Å². The molecule has 2 radical (unpaired) electrons. The molecule has 2 aromatic rings. The molecular formula is C9H7BN4O4. The second kappa shape index (κ2) is 4.74. The van der Waals surface area contributed by atoms with Crippen molar-refractivity contribution >= 4 is 31.3 Å². The van der Waals surface area contributed by atoms with Crippen molar-refractivity contribution in [3.8, 4) is 0 Å². The zero-order valence-electron chi connectivity index (χ0n) is 9.31. The van der Waals surface area contributed by atoms with Crippen molar-refractivity contribution < 1.29 is 19.1 Å². The third-order valence-corrected chi connectivity index (χ3v) is 2.13. The summed E-state index contributed by atoms with van der Waals surface area (Å²) in [6, 6.07) is 6.85. The van der Waals surface area contributed by atoms with Crippen LogP contribution in [-0.2, 0) is 4.65 Å². The number of hydrogen-bond acceptors (Lipinski definition) is 6. The van der Waals surface area contributed by atoms with Gasteiger partial charge in [0.15, 0.2) is 0 Å². The number of aromatic nitrogens is 3. The van der Waals surface area contributed by atoms with Crippen molar-refractivity contribution in [1.82, 2.24) is 20.1 Å². The predicted octanol–water partition coefficient (Wildman–Crippen LogP) is 0.132. The number of fused-ring (bicyclic) bond motifs is 1. The number of hydrogen-bond donors (Lipinski definition) is 0. The van der Waals surface area contributed by atoms with Gasteiger partial charge in [0.1, 0.15) is 11.0 Å². The molecular weight excluding hydrogens is 239 g/mol. The van der Waals surface area contributed by atoms with Gasteiger partial charge in [-0.3, -0.25) is 4.84 Å². The molecule has 0 fully saturated rings. The Balaban J connectivity index is 2.19. The lowest BCUT2D eigenvalue weighted by molar-refractivity contribution is 0.0872. The Morgan fingerprint density at radius 2 is 2.06 bits per heavy atom. The first-order valence-corrected chi connectivity index (χ1v) is 4.80. The summed E-state index contributed by atoms with van der Waals surface area (Å²) in [5, 5.41) is 7.39. The third kappa shape index (κ3) is 2.10. The highest BCUT2D eigenvalue weighted by Crippen LogP contribution is 2.08. The molecule has 0 aliphatic rings. The Hall–Kier alpha value is -2.58. The summed E-state index contributed by atoms with van der Waals surface area (Å²) in [6.07, 6.45) is -2.05.